The van der Waals surface area contributed by atoms with Crippen LogP contribution in [0, 0.1) is 5.82 Å². The van der Waals surface area contributed by atoms with Gasteiger partial charge in [-0.15, -0.1) is 0 Å². The summed E-state index contributed by atoms with van der Waals surface area (Å²) in [5, 5.41) is 9.54. The Labute approximate surface area is 131 Å². The third kappa shape index (κ3) is 4.60. The monoisotopic (exact) mass is 319 g/mol. The van der Waals surface area contributed by atoms with Gasteiger partial charge in [-0.25, -0.2) is 9.18 Å². The van der Waals surface area contributed by atoms with Gasteiger partial charge in [-0.2, -0.15) is 0 Å². The number of ether oxygens (including phenoxy) is 1. The van der Waals surface area contributed by atoms with Gasteiger partial charge in [-0.3, -0.25) is 4.98 Å². The fourth-order valence-electron chi connectivity index (χ4n) is 1.58. The van der Waals surface area contributed by atoms with Crippen LogP contribution in [0.3, 0.4) is 0 Å². The van der Waals surface area contributed by atoms with Gasteiger partial charge >= 0.3 is 5.97 Å². The maximum Gasteiger partial charge on any atom is 0.373 e. The fourth-order valence-corrected chi connectivity index (χ4v) is 2.37. The van der Waals surface area contributed by atoms with Crippen LogP contribution in [-0.2, 0) is 9.53 Å². The quantitative estimate of drug-likeness (QED) is 0.515. The van der Waals surface area contributed by atoms with Gasteiger partial charge < -0.3 is 9.84 Å². The zero-order valence-electron chi connectivity index (χ0n) is 11.8. The Balaban J connectivity index is 2.05. The minimum atomic E-state index is -0.783. The molecule has 0 aliphatic heterocycles. The van der Waals surface area contributed by atoms with E-state index in [1.165, 1.54) is 30.0 Å². The minimum Gasteiger partial charge on any atom is -0.502 e. The number of aliphatic hydroxyl groups excluding tert-OH is 1. The van der Waals surface area contributed by atoms with Crippen LogP contribution in [0.15, 0.2) is 58.1 Å². The van der Waals surface area contributed by atoms with Crippen molar-refractivity contribution in [3.05, 3.63) is 59.9 Å². The molecule has 0 saturated heterocycles. The number of esters is 1. The highest BCUT2D eigenvalue weighted by molar-refractivity contribution is 7.99. The van der Waals surface area contributed by atoms with Crippen LogP contribution in [0.5, 0.6) is 0 Å². The lowest BCUT2D eigenvalue weighted by molar-refractivity contribution is -0.141. The molecule has 1 N–H and O–H groups in total. The van der Waals surface area contributed by atoms with Crippen LogP contribution in [-0.4, -0.2) is 22.7 Å². The predicted molar refractivity (Wildman–Crippen MR) is 82.0 cm³/mol. The highest BCUT2D eigenvalue weighted by atomic mass is 32.2. The van der Waals surface area contributed by atoms with Crippen LogP contribution in [0.1, 0.15) is 12.6 Å². The van der Waals surface area contributed by atoms with Gasteiger partial charge in [0.15, 0.2) is 0 Å². The molecule has 0 saturated carbocycles. The maximum absolute atomic E-state index is 12.8. The van der Waals surface area contributed by atoms with Crippen molar-refractivity contribution in [3.8, 4) is 0 Å². The predicted octanol–water partition coefficient (Wildman–Crippen LogP) is 3.83. The van der Waals surface area contributed by atoms with Crippen molar-refractivity contribution in [1.82, 2.24) is 4.98 Å². The highest BCUT2D eigenvalue weighted by Gasteiger charge is 2.08. The number of benzene rings is 1. The van der Waals surface area contributed by atoms with Gasteiger partial charge in [0.1, 0.15) is 5.82 Å². The molecule has 4 nitrogen and oxygen atoms in total. The van der Waals surface area contributed by atoms with E-state index in [1.807, 2.05) is 0 Å². The van der Waals surface area contributed by atoms with Gasteiger partial charge in [0.05, 0.1) is 12.3 Å². The van der Waals surface area contributed by atoms with Crippen molar-refractivity contribution in [2.24, 2.45) is 0 Å². The number of rotatable bonds is 5. The first-order chi connectivity index (χ1) is 10.6. The van der Waals surface area contributed by atoms with Crippen LogP contribution < -0.4 is 0 Å². The van der Waals surface area contributed by atoms with Gasteiger partial charge in [0, 0.05) is 22.1 Å². The molecular formula is C16H14FNO3S. The number of halogens is 1. The Morgan fingerprint density at radius 3 is 2.55 bits per heavy atom. The molecule has 2 aromatic rings. The Hall–Kier alpha value is -2.34. The number of hydrogen-bond donors (Lipinski definition) is 1. The van der Waals surface area contributed by atoms with E-state index in [0.717, 1.165) is 9.79 Å². The number of pyridine rings is 1. The summed E-state index contributed by atoms with van der Waals surface area (Å²) in [4.78, 5) is 17.2. The minimum absolute atomic E-state index is 0.192. The largest absolute Gasteiger partial charge is 0.502 e. The molecule has 0 amide bonds. The van der Waals surface area contributed by atoms with Crippen LogP contribution in [0.25, 0.3) is 6.08 Å². The van der Waals surface area contributed by atoms with E-state index in [-0.39, 0.29) is 12.4 Å². The first kappa shape index (κ1) is 16.0. The first-order valence-corrected chi connectivity index (χ1v) is 7.37. The average molecular weight is 319 g/mol. The Morgan fingerprint density at radius 1 is 1.27 bits per heavy atom. The van der Waals surface area contributed by atoms with Crippen molar-refractivity contribution in [3.63, 3.8) is 0 Å². The summed E-state index contributed by atoms with van der Waals surface area (Å²) in [7, 11) is 0. The van der Waals surface area contributed by atoms with E-state index in [0.29, 0.717) is 5.69 Å². The molecule has 22 heavy (non-hydrogen) atoms. The smallest absolute Gasteiger partial charge is 0.373 e. The molecule has 1 aromatic carbocycles. The molecule has 2 rings (SSSR count). The number of carbonyl (C=O) groups excluding carboxylic acids is 1. The summed E-state index contributed by atoms with van der Waals surface area (Å²) in [5.74, 6) is -1.56. The van der Waals surface area contributed by atoms with Crippen LogP contribution in [0.2, 0.25) is 0 Å². The average Bonchev–Trinajstić information content (AvgIpc) is 2.51. The third-order valence-electron chi connectivity index (χ3n) is 2.58. The van der Waals surface area contributed by atoms with E-state index in [2.05, 4.69) is 9.72 Å². The van der Waals surface area contributed by atoms with Crippen molar-refractivity contribution >= 4 is 23.8 Å². The second-order valence-electron chi connectivity index (χ2n) is 4.22. The zero-order valence-corrected chi connectivity index (χ0v) is 12.6. The normalized spacial score (nSPS) is 11.3. The summed E-state index contributed by atoms with van der Waals surface area (Å²) in [5.41, 5.74) is 0.439. The molecule has 0 unspecified atom stereocenters. The van der Waals surface area contributed by atoms with Gasteiger partial charge in [-0.1, -0.05) is 11.8 Å². The lowest BCUT2D eigenvalue weighted by atomic mass is 10.3. The molecule has 1 heterocycles. The van der Waals surface area contributed by atoms with Crippen LogP contribution >= 0.6 is 11.8 Å². The van der Waals surface area contributed by atoms with Gasteiger partial charge in [0.2, 0.25) is 5.76 Å². The first-order valence-electron chi connectivity index (χ1n) is 6.55. The molecular weight excluding hydrogens is 305 g/mol. The zero-order chi connectivity index (χ0) is 15.9. The van der Waals surface area contributed by atoms with E-state index in [1.54, 1.807) is 37.4 Å². The summed E-state index contributed by atoms with van der Waals surface area (Å²) in [6.07, 6.45) is 2.85. The standard InChI is InChI=1S/C16H14FNO3S/c1-2-21-16(20)15(19)9-12-5-8-14(10-18-12)22-13-6-3-11(17)4-7-13/h3-10,19H,2H2,1H3. The van der Waals surface area contributed by atoms with E-state index in [9.17, 15) is 14.3 Å². The molecule has 0 aliphatic rings. The number of nitrogens with zero attached hydrogens (tertiary/aromatic N) is 1. The lowest BCUT2D eigenvalue weighted by Gasteiger charge is -2.03. The van der Waals surface area contributed by atoms with Crippen molar-refractivity contribution in [2.75, 3.05) is 6.61 Å². The third-order valence-corrected chi connectivity index (χ3v) is 3.56. The number of aliphatic hydroxyl groups is 1. The van der Waals surface area contributed by atoms with Gasteiger partial charge in [0.25, 0.3) is 0 Å². The summed E-state index contributed by atoms with van der Waals surface area (Å²) >= 11 is 1.43. The molecule has 6 heteroatoms. The Morgan fingerprint density at radius 2 is 1.95 bits per heavy atom. The molecule has 0 atom stereocenters. The van der Waals surface area contributed by atoms with Crippen molar-refractivity contribution in [1.29, 1.82) is 0 Å². The second kappa shape index (κ2) is 7.61. The Bertz CT molecular complexity index is 669. The molecule has 0 fully saturated rings. The topological polar surface area (TPSA) is 59.4 Å². The summed E-state index contributed by atoms with van der Waals surface area (Å²) < 4.78 is 17.5. The summed E-state index contributed by atoms with van der Waals surface area (Å²) in [6, 6.07) is 9.61. The number of hydrogen-bond acceptors (Lipinski definition) is 5. The molecule has 0 spiro atoms. The van der Waals surface area contributed by atoms with E-state index in [4.69, 9.17) is 0 Å². The SMILES string of the molecule is CCOC(=O)C(O)=Cc1ccc(Sc2ccc(F)cc2)cn1. The van der Waals surface area contributed by atoms with Crippen molar-refractivity contribution in [2.45, 2.75) is 16.7 Å². The van der Waals surface area contributed by atoms with Gasteiger partial charge in [-0.05, 0) is 43.3 Å². The molecule has 0 radical (unpaired) electrons. The highest BCUT2D eigenvalue weighted by Crippen LogP contribution is 2.27. The fraction of sp³-hybridized carbons (Fsp3) is 0.125. The number of carbonyl (C=O) groups is 1. The summed E-state index contributed by atoms with van der Waals surface area (Å²) in [6.45, 7) is 1.85. The van der Waals surface area contributed by atoms with Crippen molar-refractivity contribution < 1.29 is 19.0 Å². The number of aromatic nitrogens is 1. The molecule has 1 aromatic heterocycles. The molecule has 0 aliphatic carbocycles. The molecule has 114 valence electrons. The molecule has 0 bridgehead atoms. The maximum atomic E-state index is 12.8. The van der Waals surface area contributed by atoms with Crippen LogP contribution in [0.4, 0.5) is 4.39 Å². The lowest BCUT2D eigenvalue weighted by Crippen LogP contribution is -2.06. The Kier molecular flexibility index (Phi) is 5.55. The van der Waals surface area contributed by atoms with E-state index >= 15 is 0 Å². The second-order valence-corrected chi connectivity index (χ2v) is 5.37. The van der Waals surface area contributed by atoms with E-state index < -0.39 is 11.7 Å².